The molecule has 12 heavy (non-hydrogen) atoms. The molecule has 1 N–H and O–H groups in total. The Labute approximate surface area is 74.6 Å². The van der Waals surface area contributed by atoms with Gasteiger partial charge in [0.2, 0.25) is 0 Å². The monoisotopic (exact) mass is 169 g/mol. The average Bonchev–Trinajstić information content (AvgIpc) is 2.42. The topological polar surface area (TPSA) is 23.5 Å². The van der Waals surface area contributed by atoms with Gasteiger partial charge in [0, 0.05) is 19.6 Å². The van der Waals surface area contributed by atoms with Gasteiger partial charge in [0.25, 0.3) is 0 Å². The molecular formula is C10H19NO. The molecule has 0 aromatic rings. The summed E-state index contributed by atoms with van der Waals surface area (Å²) in [6.07, 6.45) is 0. The maximum atomic E-state index is 9.60. The third kappa shape index (κ3) is 1.50. The normalized spacial score (nSPS) is 41.5. The van der Waals surface area contributed by atoms with Gasteiger partial charge in [-0.3, -0.25) is 4.90 Å². The van der Waals surface area contributed by atoms with Crippen LogP contribution in [0.4, 0.5) is 0 Å². The maximum absolute atomic E-state index is 9.60. The summed E-state index contributed by atoms with van der Waals surface area (Å²) in [7, 11) is 0. The number of hydrogen-bond donors (Lipinski definition) is 1. The Bertz CT molecular complexity index is 173. The largest absolute Gasteiger partial charge is 0.389 e. The Morgan fingerprint density at radius 3 is 2.25 bits per heavy atom. The highest BCUT2D eigenvalue weighted by Crippen LogP contribution is 2.51. The lowest BCUT2D eigenvalue weighted by Crippen LogP contribution is -2.38. The zero-order valence-corrected chi connectivity index (χ0v) is 8.25. The summed E-state index contributed by atoms with van der Waals surface area (Å²) >= 11 is 0. The predicted molar refractivity (Wildman–Crippen MR) is 48.9 cm³/mol. The van der Waals surface area contributed by atoms with E-state index in [0.717, 1.165) is 24.3 Å². The van der Waals surface area contributed by atoms with E-state index in [4.69, 9.17) is 0 Å². The van der Waals surface area contributed by atoms with Crippen molar-refractivity contribution < 1.29 is 5.11 Å². The standard InChI is InChI=1S/C10H19NO/c1-7-8-4-11(5-9(7)8)6-10(2,3)12/h7-9,12H,4-6H2,1-3H3/t7?,8-,9?/m0/s1. The molecule has 0 bridgehead atoms. The van der Waals surface area contributed by atoms with Crippen LogP contribution in [0.1, 0.15) is 20.8 Å². The van der Waals surface area contributed by atoms with Crippen LogP contribution in [0.2, 0.25) is 0 Å². The third-order valence-corrected chi connectivity index (χ3v) is 3.31. The van der Waals surface area contributed by atoms with Crippen LogP contribution >= 0.6 is 0 Å². The van der Waals surface area contributed by atoms with E-state index >= 15 is 0 Å². The molecule has 0 aromatic carbocycles. The van der Waals surface area contributed by atoms with E-state index < -0.39 is 5.60 Å². The maximum Gasteiger partial charge on any atom is 0.0718 e. The highest BCUT2D eigenvalue weighted by molar-refractivity contribution is 5.03. The highest BCUT2D eigenvalue weighted by Gasteiger charge is 2.52. The molecule has 2 fully saturated rings. The fourth-order valence-electron chi connectivity index (χ4n) is 2.59. The van der Waals surface area contributed by atoms with Crippen LogP contribution in [0.15, 0.2) is 0 Å². The average molecular weight is 169 g/mol. The van der Waals surface area contributed by atoms with Gasteiger partial charge in [-0.25, -0.2) is 0 Å². The Hall–Kier alpha value is -0.0800. The molecule has 3 atom stereocenters. The van der Waals surface area contributed by atoms with E-state index in [9.17, 15) is 5.11 Å². The molecule has 1 aliphatic carbocycles. The van der Waals surface area contributed by atoms with Gasteiger partial charge < -0.3 is 5.11 Å². The summed E-state index contributed by atoms with van der Waals surface area (Å²) in [5, 5.41) is 9.60. The van der Waals surface area contributed by atoms with E-state index in [1.807, 2.05) is 13.8 Å². The first-order valence-corrected chi connectivity index (χ1v) is 4.92. The summed E-state index contributed by atoms with van der Waals surface area (Å²) < 4.78 is 0. The van der Waals surface area contributed by atoms with Crippen molar-refractivity contribution >= 4 is 0 Å². The summed E-state index contributed by atoms with van der Waals surface area (Å²) in [5.41, 5.74) is -0.514. The van der Waals surface area contributed by atoms with Gasteiger partial charge in [0.05, 0.1) is 5.60 Å². The molecular weight excluding hydrogens is 150 g/mol. The summed E-state index contributed by atoms with van der Waals surface area (Å²) in [5.74, 6) is 2.86. The van der Waals surface area contributed by atoms with Crippen molar-refractivity contribution in [3.05, 3.63) is 0 Å². The zero-order chi connectivity index (χ0) is 8.93. The predicted octanol–water partition coefficient (Wildman–Crippen LogP) is 0.955. The number of hydrogen-bond acceptors (Lipinski definition) is 2. The van der Waals surface area contributed by atoms with Gasteiger partial charge >= 0.3 is 0 Å². The van der Waals surface area contributed by atoms with Crippen LogP contribution < -0.4 is 0 Å². The molecule has 0 radical (unpaired) electrons. The number of likely N-dealkylation sites (tertiary alicyclic amines) is 1. The first kappa shape index (κ1) is 8.52. The molecule has 2 heteroatoms. The SMILES string of the molecule is CC1C2CN(CC(C)(C)O)C[C@@H]12. The lowest BCUT2D eigenvalue weighted by atomic mass is 10.1. The second kappa shape index (κ2) is 2.46. The van der Waals surface area contributed by atoms with Crippen molar-refractivity contribution in [1.82, 2.24) is 4.90 Å². The Morgan fingerprint density at radius 1 is 1.33 bits per heavy atom. The molecule has 1 aliphatic heterocycles. The third-order valence-electron chi connectivity index (χ3n) is 3.31. The minimum atomic E-state index is -0.514. The van der Waals surface area contributed by atoms with Crippen molar-refractivity contribution in [2.75, 3.05) is 19.6 Å². The second-order valence-electron chi connectivity index (χ2n) is 5.19. The number of aliphatic hydroxyl groups is 1. The molecule has 0 amide bonds. The molecule has 2 aliphatic rings. The Kier molecular flexibility index (Phi) is 1.74. The lowest BCUT2D eigenvalue weighted by Gasteiger charge is -2.26. The van der Waals surface area contributed by atoms with Crippen molar-refractivity contribution in [3.63, 3.8) is 0 Å². The molecule has 0 aromatic heterocycles. The molecule has 1 saturated heterocycles. The van der Waals surface area contributed by atoms with E-state index in [2.05, 4.69) is 11.8 Å². The molecule has 1 heterocycles. The molecule has 2 nitrogen and oxygen atoms in total. The minimum Gasteiger partial charge on any atom is -0.389 e. The molecule has 0 spiro atoms. The second-order valence-corrected chi connectivity index (χ2v) is 5.19. The summed E-state index contributed by atoms with van der Waals surface area (Å²) in [4.78, 5) is 2.40. The molecule has 70 valence electrons. The number of fused-ring (bicyclic) bond motifs is 1. The van der Waals surface area contributed by atoms with Crippen LogP contribution in [0.25, 0.3) is 0 Å². The number of piperidine rings is 1. The Balaban J connectivity index is 1.80. The van der Waals surface area contributed by atoms with E-state index in [0.29, 0.717) is 0 Å². The first-order chi connectivity index (χ1) is 5.47. The number of nitrogens with zero attached hydrogens (tertiary/aromatic N) is 1. The van der Waals surface area contributed by atoms with Crippen molar-refractivity contribution in [2.24, 2.45) is 17.8 Å². The van der Waals surface area contributed by atoms with E-state index in [1.165, 1.54) is 13.1 Å². The lowest BCUT2D eigenvalue weighted by molar-refractivity contribution is 0.0391. The zero-order valence-electron chi connectivity index (χ0n) is 8.25. The fraction of sp³-hybridized carbons (Fsp3) is 1.00. The minimum absolute atomic E-state index is 0.514. The van der Waals surface area contributed by atoms with Crippen LogP contribution in [0, 0.1) is 17.8 Å². The molecule has 2 rings (SSSR count). The smallest absolute Gasteiger partial charge is 0.0718 e. The molecule has 2 unspecified atom stereocenters. The van der Waals surface area contributed by atoms with Gasteiger partial charge in [-0.1, -0.05) is 6.92 Å². The van der Waals surface area contributed by atoms with Gasteiger partial charge in [-0.15, -0.1) is 0 Å². The number of β-amino-alcohol motifs (C(OH)–C–C–N with tert-alkyl or cyclic N) is 1. The fourth-order valence-corrected chi connectivity index (χ4v) is 2.59. The van der Waals surface area contributed by atoms with Gasteiger partial charge in [0.1, 0.15) is 0 Å². The van der Waals surface area contributed by atoms with Crippen LogP contribution in [-0.2, 0) is 0 Å². The van der Waals surface area contributed by atoms with Crippen molar-refractivity contribution in [3.8, 4) is 0 Å². The van der Waals surface area contributed by atoms with Crippen LogP contribution in [0.5, 0.6) is 0 Å². The van der Waals surface area contributed by atoms with Gasteiger partial charge in [0.15, 0.2) is 0 Å². The van der Waals surface area contributed by atoms with Crippen molar-refractivity contribution in [2.45, 2.75) is 26.4 Å². The highest BCUT2D eigenvalue weighted by atomic mass is 16.3. The van der Waals surface area contributed by atoms with Crippen LogP contribution in [0.3, 0.4) is 0 Å². The summed E-state index contributed by atoms with van der Waals surface area (Å²) in [6, 6.07) is 0. The van der Waals surface area contributed by atoms with E-state index in [-0.39, 0.29) is 0 Å². The van der Waals surface area contributed by atoms with Crippen molar-refractivity contribution in [1.29, 1.82) is 0 Å². The van der Waals surface area contributed by atoms with Gasteiger partial charge in [-0.05, 0) is 31.6 Å². The first-order valence-electron chi connectivity index (χ1n) is 4.92. The quantitative estimate of drug-likeness (QED) is 0.665. The Morgan fingerprint density at radius 2 is 1.83 bits per heavy atom. The van der Waals surface area contributed by atoms with Gasteiger partial charge in [-0.2, -0.15) is 0 Å². The molecule has 1 saturated carbocycles. The number of rotatable bonds is 2. The van der Waals surface area contributed by atoms with E-state index in [1.54, 1.807) is 0 Å². The van der Waals surface area contributed by atoms with Crippen LogP contribution in [-0.4, -0.2) is 35.2 Å². The summed E-state index contributed by atoms with van der Waals surface area (Å²) in [6.45, 7) is 9.40.